The van der Waals surface area contributed by atoms with Gasteiger partial charge in [0.05, 0.1) is 0 Å². The smallest absolute Gasteiger partial charge is 0.270 e. The molecule has 1 fully saturated rings. The van der Waals surface area contributed by atoms with Crippen molar-refractivity contribution in [1.29, 1.82) is 0 Å². The zero-order valence-corrected chi connectivity index (χ0v) is 18.9. The van der Waals surface area contributed by atoms with Crippen LogP contribution in [0.4, 0.5) is 0 Å². The molecule has 0 unspecified atom stereocenters. The van der Waals surface area contributed by atoms with Crippen molar-refractivity contribution in [2.75, 3.05) is 40.3 Å². The summed E-state index contributed by atoms with van der Waals surface area (Å²) in [6.45, 7) is 3.06. The van der Waals surface area contributed by atoms with Crippen molar-refractivity contribution >= 4 is 11.8 Å². The summed E-state index contributed by atoms with van der Waals surface area (Å²) >= 11 is 0. The quantitative estimate of drug-likeness (QED) is 0.779. The molecule has 1 aromatic heterocycles. The maximum absolute atomic E-state index is 12.9. The Kier molecular flexibility index (Phi) is 6.19. The third-order valence-electron chi connectivity index (χ3n) is 7.09. The zero-order chi connectivity index (χ0) is 22.0. The van der Waals surface area contributed by atoms with Crippen LogP contribution in [-0.2, 0) is 17.3 Å². The molecule has 31 heavy (non-hydrogen) atoms. The standard InChI is InChI=1S/C25H34N4O2/c1-27(2)16-12-26-23(30)17-19-18-25(21-8-5-4-7-20(19)21)10-14-29(15-11-25)24(31)22-9-6-13-28(22)3/h4-9,13,19H,10-12,14-18H2,1-3H3,(H,26,30)/t19-/m0/s1. The summed E-state index contributed by atoms with van der Waals surface area (Å²) in [5.41, 5.74) is 3.55. The largest absolute Gasteiger partial charge is 0.355 e. The second kappa shape index (κ2) is 8.87. The third-order valence-corrected chi connectivity index (χ3v) is 7.09. The summed E-state index contributed by atoms with van der Waals surface area (Å²) in [5.74, 6) is 0.506. The van der Waals surface area contributed by atoms with Gasteiger partial charge in [0.15, 0.2) is 0 Å². The number of nitrogens with one attached hydrogen (secondary N) is 1. The molecule has 1 aliphatic carbocycles. The van der Waals surface area contributed by atoms with Crippen LogP contribution in [0.2, 0.25) is 0 Å². The van der Waals surface area contributed by atoms with E-state index in [4.69, 9.17) is 0 Å². The van der Waals surface area contributed by atoms with Crippen molar-refractivity contribution in [3.05, 3.63) is 59.4 Å². The first-order chi connectivity index (χ1) is 14.9. The van der Waals surface area contributed by atoms with Gasteiger partial charge in [0.25, 0.3) is 5.91 Å². The molecule has 6 nitrogen and oxygen atoms in total. The second-order valence-electron chi connectivity index (χ2n) is 9.42. The summed E-state index contributed by atoms with van der Waals surface area (Å²) in [5, 5.41) is 3.07. The molecule has 2 heterocycles. The Hall–Kier alpha value is -2.60. The number of aryl methyl sites for hydroxylation is 1. The van der Waals surface area contributed by atoms with Gasteiger partial charge in [-0.3, -0.25) is 9.59 Å². The van der Waals surface area contributed by atoms with Gasteiger partial charge in [-0.05, 0) is 68.0 Å². The van der Waals surface area contributed by atoms with Gasteiger partial charge >= 0.3 is 0 Å². The number of benzene rings is 1. The number of carbonyl (C=O) groups excluding carboxylic acids is 2. The third kappa shape index (κ3) is 4.40. The minimum absolute atomic E-state index is 0.0795. The monoisotopic (exact) mass is 422 g/mol. The minimum Gasteiger partial charge on any atom is -0.355 e. The molecule has 1 atom stereocenters. The van der Waals surface area contributed by atoms with Crippen LogP contribution in [0.5, 0.6) is 0 Å². The van der Waals surface area contributed by atoms with Crippen LogP contribution < -0.4 is 5.32 Å². The van der Waals surface area contributed by atoms with E-state index in [1.165, 1.54) is 11.1 Å². The first-order valence-electron chi connectivity index (χ1n) is 11.3. The van der Waals surface area contributed by atoms with Gasteiger partial charge in [-0.2, -0.15) is 0 Å². The van der Waals surface area contributed by atoms with Crippen LogP contribution in [0, 0.1) is 0 Å². The van der Waals surface area contributed by atoms with E-state index in [0.29, 0.717) is 13.0 Å². The van der Waals surface area contributed by atoms with E-state index >= 15 is 0 Å². The van der Waals surface area contributed by atoms with Crippen LogP contribution in [0.15, 0.2) is 42.6 Å². The number of nitrogens with zero attached hydrogens (tertiary/aromatic N) is 3. The Morgan fingerprint density at radius 3 is 2.55 bits per heavy atom. The lowest BCUT2D eigenvalue weighted by Crippen LogP contribution is -2.44. The van der Waals surface area contributed by atoms with Gasteiger partial charge in [-0.1, -0.05) is 24.3 Å². The van der Waals surface area contributed by atoms with Crippen molar-refractivity contribution in [2.24, 2.45) is 7.05 Å². The molecule has 0 bridgehead atoms. The second-order valence-corrected chi connectivity index (χ2v) is 9.42. The van der Waals surface area contributed by atoms with E-state index < -0.39 is 0 Å². The summed E-state index contributed by atoms with van der Waals surface area (Å²) in [6, 6.07) is 12.4. The lowest BCUT2D eigenvalue weighted by molar-refractivity contribution is -0.121. The molecule has 4 rings (SSSR count). The summed E-state index contributed by atoms with van der Waals surface area (Å²) in [6.07, 6.45) is 5.37. The number of rotatable bonds is 6. The van der Waals surface area contributed by atoms with Crippen LogP contribution in [-0.4, -0.2) is 66.5 Å². The van der Waals surface area contributed by atoms with Crippen LogP contribution >= 0.6 is 0 Å². The van der Waals surface area contributed by atoms with Crippen molar-refractivity contribution in [3.63, 3.8) is 0 Å². The van der Waals surface area contributed by atoms with E-state index in [2.05, 4.69) is 34.5 Å². The van der Waals surface area contributed by atoms with Crippen molar-refractivity contribution < 1.29 is 9.59 Å². The number of piperidine rings is 1. The predicted octanol–water partition coefficient (Wildman–Crippen LogP) is 2.75. The molecule has 1 saturated heterocycles. The SMILES string of the molecule is CN(C)CCNC(=O)C[C@H]1CC2(CCN(C(=O)c3cccn3C)CC2)c2ccccc21. The topological polar surface area (TPSA) is 57.6 Å². The summed E-state index contributed by atoms with van der Waals surface area (Å²) in [7, 11) is 5.94. The lowest BCUT2D eigenvalue weighted by atomic mass is 9.73. The first-order valence-corrected chi connectivity index (χ1v) is 11.3. The maximum atomic E-state index is 12.9. The average molecular weight is 423 g/mol. The number of aromatic nitrogens is 1. The van der Waals surface area contributed by atoms with Crippen molar-refractivity contribution in [3.8, 4) is 0 Å². The Morgan fingerprint density at radius 2 is 1.87 bits per heavy atom. The van der Waals surface area contributed by atoms with Gasteiger partial charge in [-0.15, -0.1) is 0 Å². The van der Waals surface area contributed by atoms with E-state index in [9.17, 15) is 9.59 Å². The number of hydrogen-bond donors (Lipinski definition) is 1. The average Bonchev–Trinajstić information content (AvgIpc) is 3.30. The number of carbonyl (C=O) groups is 2. The Balaban J connectivity index is 1.43. The van der Waals surface area contributed by atoms with Crippen LogP contribution in [0.3, 0.4) is 0 Å². The highest BCUT2D eigenvalue weighted by Gasteiger charge is 2.46. The lowest BCUT2D eigenvalue weighted by Gasteiger charge is -2.40. The van der Waals surface area contributed by atoms with Gasteiger partial charge in [-0.25, -0.2) is 0 Å². The van der Waals surface area contributed by atoms with Gasteiger partial charge in [0.2, 0.25) is 5.91 Å². The van der Waals surface area contributed by atoms with Crippen LogP contribution in [0.25, 0.3) is 0 Å². The molecule has 6 heteroatoms. The van der Waals surface area contributed by atoms with Crippen molar-refractivity contribution in [2.45, 2.75) is 37.0 Å². The van der Waals surface area contributed by atoms with Crippen LogP contribution in [0.1, 0.15) is 53.2 Å². The maximum Gasteiger partial charge on any atom is 0.270 e. The van der Waals surface area contributed by atoms with Gasteiger partial charge < -0.3 is 19.7 Å². The highest BCUT2D eigenvalue weighted by Crippen LogP contribution is 2.52. The Labute approximate surface area is 185 Å². The fourth-order valence-electron chi connectivity index (χ4n) is 5.38. The highest BCUT2D eigenvalue weighted by atomic mass is 16.2. The number of amides is 2. The minimum atomic E-state index is 0.0795. The molecule has 2 aliphatic rings. The van der Waals surface area contributed by atoms with E-state index in [1.807, 2.05) is 48.9 Å². The molecule has 1 N–H and O–H groups in total. The molecule has 2 amide bonds. The van der Waals surface area contributed by atoms with Gasteiger partial charge in [0, 0.05) is 45.8 Å². The fraction of sp³-hybridized carbons (Fsp3) is 0.520. The Morgan fingerprint density at radius 1 is 1.13 bits per heavy atom. The number of hydrogen-bond acceptors (Lipinski definition) is 3. The molecule has 1 aliphatic heterocycles. The zero-order valence-electron chi connectivity index (χ0n) is 18.9. The summed E-state index contributed by atoms with van der Waals surface area (Å²) < 4.78 is 1.89. The number of fused-ring (bicyclic) bond motifs is 2. The van der Waals surface area contributed by atoms with E-state index in [1.54, 1.807) is 0 Å². The predicted molar refractivity (Wildman–Crippen MR) is 122 cm³/mol. The highest BCUT2D eigenvalue weighted by molar-refractivity contribution is 5.92. The molecule has 1 spiro atoms. The molecule has 2 aromatic rings. The number of likely N-dealkylation sites (tertiary alicyclic amines) is 1. The van der Waals surface area contributed by atoms with Crippen molar-refractivity contribution in [1.82, 2.24) is 19.7 Å². The van der Waals surface area contributed by atoms with E-state index in [0.717, 1.165) is 44.6 Å². The first kappa shape index (κ1) is 21.6. The molecule has 1 aromatic carbocycles. The van der Waals surface area contributed by atoms with E-state index in [-0.39, 0.29) is 23.1 Å². The normalized spacial score (nSPS) is 19.6. The number of likely N-dealkylation sites (N-methyl/N-ethyl adjacent to an activating group) is 1. The molecular formula is C25H34N4O2. The molecule has 166 valence electrons. The molecular weight excluding hydrogens is 388 g/mol. The fourth-order valence-corrected chi connectivity index (χ4v) is 5.38. The summed E-state index contributed by atoms with van der Waals surface area (Å²) in [4.78, 5) is 29.6. The molecule has 0 saturated carbocycles. The Bertz CT molecular complexity index is 941. The molecule has 0 radical (unpaired) electrons. The van der Waals surface area contributed by atoms with Gasteiger partial charge in [0.1, 0.15) is 5.69 Å².